The first-order valence-corrected chi connectivity index (χ1v) is 5.69. The number of hydrogen-bond acceptors (Lipinski definition) is 2. The van der Waals surface area contributed by atoms with Crippen molar-refractivity contribution in [3.63, 3.8) is 0 Å². The Bertz CT molecular complexity index is 515. The fraction of sp³-hybridized carbons (Fsp3) is 0.357. The van der Waals surface area contributed by atoms with Gasteiger partial charge in [0.2, 0.25) is 0 Å². The van der Waals surface area contributed by atoms with E-state index >= 15 is 0 Å². The topological polar surface area (TPSA) is 38.9 Å². The van der Waals surface area contributed by atoms with Crippen LogP contribution in [-0.2, 0) is 5.41 Å². The van der Waals surface area contributed by atoms with Crippen LogP contribution in [0.3, 0.4) is 0 Å². The molecule has 84 valence electrons. The van der Waals surface area contributed by atoms with Crippen molar-refractivity contribution in [1.29, 1.82) is 0 Å². The predicted molar refractivity (Wildman–Crippen MR) is 69.5 cm³/mol. The number of nitrogens with zero attached hydrogens (tertiary/aromatic N) is 1. The van der Waals surface area contributed by atoms with Gasteiger partial charge in [-0.2, -0.15) is 0 Å². The number of anilines is 1. The summed E-state index contributed by atoms with van der Waals surface area (Å²) in [5.74, 6) is 0.610. The molecule has 16 heavy (non-hydrogen) atoms. The number of nitrogen functional groups attached to an aromatic ring is 1. The van der Waals surface area contributed by atoms with E-state index in [1.807, 2.05) is 6.07 Å². The number of rotatable bonds is 2. The van der Waals surface area contributed by atoms with E-state index < -0.39 is 0 Å². The van der Waals surface area contributed by atoms with E-state index in [0.717, 1.165) is 11.8 Å². The first-order chi connectivity index (χ1) is 7.54. The monoisotopic (exact) mass is 214 g/mol. The Morgan fingerprint density at radius 2 is 2.00 bits per heavy atom. The van der Waals surface area contributed by atoms with Gasteiger partial charge in [-0.05, 0) is 28.9 Å². The molecule has 2 heteroatoms. The van der Waals surface area contributed by atoms with Crippen LogP contribution in [0.25, 0.3) is 10.8 Å². The van der Waals surface area contributed by atoms with Crippen LogP contribution in [0.5, 0.6) is 0 Å². The summed E-state index contributed by atoms with van der Waals surface area (Å²) in [5, 5.41) is 2.21. The summed E-state index contributed by atoms with van der Waals surface area (Å²) in [6.07, 6.45) is 2.89. The Morgan fingerprint density at radius 3 is 2.69 bits per heavy atom. The Labute approximate surface area is 96.5 Å². The molecule has 0 aliphatic heterocycles. The van der Waals surface area contributed by atoms with Gasteiger partial charge in [-0.1, -0.05) is 39.0 Å². The summed E-state index contributed by atoms with van der Waals surface area (Å²) >= 11 is 0. The quantitative estimate of drug-likeness (QED) is 0.831. The number of aromatic nitrogens is 1. The van der Waals surface area contributed by atoms with Crippen LogP contribution in [-0.4, -0.2) is 4.98 Å². The van der Waals surface area contributed by atoms with E-state index in [9.17, 15) is 0 Å². The summed E-state index contributed by atoms with van der Waals surface area (Å²) in [5.41, 5.74) is 7.41. The van der Waals surface area contributed by atoms with Crippen molar-refractivity contribution < 1.29 is 0 Å². The third-order valence-electron chi connectivity index (χ3n) is 3.46. The molecule has 0 fully saturated rings. The van der Waals surface area contributed by atoms with Crippen LogP contribution in [0.2, 0.25) is 0 Å². The van der Waals surface area contributed by atoms with Crippen molar-refractivity contribution in [1.82, 2.24) is 4.98 Å². The first-order valence-electron chi connectivity index (χ1n) is 5.69. The highest BCUT2D eigenvalue weighted by atomic mass is 14.8. The molecule has 0 aliphatic carbocycles. The lowest BCUT2D eigenvalue weighted by molar-refractivity contribution is 0.507. The van der Waals surface area contributed by atoms with Gasteiger partial charge >= 0.3 is 0 Å². The molecular weight excluding hydrogens is 196 g/mol. The molecule has 0 saturated carbocycles. The van der Waals surface area contributed by atoms with Crippen molar-refractivity contribution in [3.05, 3.63) is 36.0 Å². The molecule has 2 nitrogen and oxygen atoms in total. The van der Waals surface area contributed by atoms with E-state index in [4.69, 9.17) is 5.73 Å². The molecule has 0 bridgehead atoms. The minimum absolute atomic E-state index is 0.215. The van der Waals surface area contributed by atoms with E-state index in [1.54, 1.807) is 6.20 Å². The SMILES string of the molecule is CCC(C)(C)c1ccc2c(N)nccc2c1. The van der Waals surface area contributed by atoms with Crippen molar-refractivity contribution in [2.75, 3.05) is 5.73 Å². The van der Waals surface area contributed by atoms with Gasteiger partial charge < -0.3 is 5.73 Å². The maximum Gasteiger partial charge on any atom is 0.131 e. The van der Waals surface area contributed by atoms with E-state index in [2.05, 4.69) is 44.0 Å². The van der Waals surface area contributed by atoms with Gasteiger partial charge in [0.15, 0.2) is 0 Å². The second-order valence-corrected chi connectivity index (χ2v) is 4.87. The average molecular weight is 214 g/mol. The maximum atomic E-state index is 5.84. The second-order valence-electron chi connectivity index (χ2n) is 4.87. The van der Waals surface area contributed by atoms with E-state index in [1.165, 1.54) is 10.9 Å². The van der Waals surface area contributed by atoms with E-state index in [0.29, 0.717) is 5.82 Å². The summed E-state index contributed by atoms with van der Waals surface area (Å²) in [6.45, 7) is 6.74. The van der Waals surface area contributed by atoms with Crippen LogP contribution in [0.15, 0.2) is 30.5 Å². The fourth-order valence-corrected chi connectivity index (χ4v) is 1.83. The zero-order valence-electron chi connectivity index (χ0n) is 10.1. The lowest BCUT2D eigenvalue weighted by atomic mass is 9.81. The zero-order chi connectivity index (χ0) is 11.8. The molecule has 0 unspecified atom stereocenters. The molecule has 1 aromatic heterocycles. The second kappa shape index (κ2) is 3.78. The normalized spacial score (nSPS) is 11.9. The third-order valence-corrected chi connectivity index (χ3v) is 3.46. The van der Waals surface area contributed by atoms with Crippen molar-refractivity contribution in [2.24, 2.45) is 0 Å². The molecule has 2 rings (SSSR count). The van der Waals surface area contributed by atoms with Gasteiger partial charge in [0, 0.05) is 11.6 Å². The Hall–Kier alpha value is -1.57. The van der Waals surface area contributed by atoms with Crippen molar-refractivity contribution >= 4 is 16.6 Å². The summed E-state index contributed by atoms with van der Waals surface area (Å²) in [6, 6.07) is 8.46. The molecule has 1 aromatic carbocycles. The Morgan fingerprint density at radius 1 is 1.25 bits per heavy atom. The van der Waals surface area contributed by atoms with Crippen LogP contribution in [0.1, 0.15) is 32.8 Å². The first kappa shape index (κ1) is 10.9. The lowest BCUT2D eigenvalue weighted by Crippen LogP contribution is -2.15. The third kappa shape index (κ3) is 1.75. The van der Waals surface area contributed by atoms with Gasteiger partial charge in [-0.15, -0.1) is 0 Å². The van der Waals surface area contributed by atoms with Crippen molar-refractivity contribution in [2.45, 2.75) is 32.6 Å². The molecule has 2 N–H and O–H groups in total. The molecule has 2 aromatic rings. The van der Waals surface area contributed by atoms with Gasteiger partial charge in [0.25, 0.3) is 0 Å². The Kier molecular flexibility index (Phi) is 2.58. The molecule has 0 aliphatic rings. The highest BCUT2D eigenvalue weighted by Crippen LogP contribution is 2.30. The standard InChI is InChI=1S/C14H18N2/c1-4-14(2,3)11-5-6-12-10(9-11)7-8-16-13(12)15/h5-9H,4H2,1-3H3,(H2,15,16). The predicted octanol–water partition coefficient (Wildman–Crippen LogP) is 3.50. The van der Waals surface area contributed by atoms with Gasteiger partial charge in [0.1, 0.15) is 5.82 Å². The minimum atomic E-state index is 0.215. The largest absolute Gasteiger partial charge is 0.383 e. The molecule has 0 saturated heterocycles. The maximum absolute atomic E-state index is 5.84. The summed E-state index contributed by atoms with van der Waals surface area (Å²) in [7, 11) is 0. The number of hydrogen-bond donors (Lipinski definition) is 1. The molecular formula is C14H18N2. The smallest absolute Gasteiger partial charge is 0.131 e. The minimum Gasteiger partial charge on any atom is -0.383 e. The van der Waals surface area contributed by atoms with Crippen LogP contribution < -0.4 is 5.73 Å². The van der Waals surface area contributed by atoms with Crippen LogP contribution in [0, 0.1) is 0 Å². The summed E-state index contributed by atoms with van der Waals surface area (Å²) in [4.78, 5) is 4.10. The Balaban J connectivity index is 2.61. The molecule has 0 atom stereocenters. The molecule has 0 radical (unpaired) electrons. The lowest BCUT2D eigenvalue weighted by Gasteiger charge is -2.23. The highest BCUT2D eigenvalue weighted by molar-refractivity contribution is 5.91. The molecule has 0 spiro atoms. The number of benzene rings is 1. The summed E-state index contributed by atoms with van der Waals surface area (Å²) < 4.78 is 0. The fourth-order valence-electron chi connectivity index (χ4n) is 1.83. The number of pyridine rings is 1. The molecule has 1 heterocycles. The number of nitrogens with two attached hydrogens (primary N) is 1. The van der Waals surface area contributed by atoms with E-state index in [-0.39, 0.29) is 5.41 Å². The van der Waals surface area contributed by atoms with Gasteiger partial charge in [0.05, 0.1) is 0 Å². The van der Waals surface area contributed by atoms with Crippen molar-refractivity contribution in [3.8, 4) is 0 Å². The zero-order valence-corrected chi connectivity index (χ0v) is 10.1. The number of fused-ring (bicyclic) bond motifs is 1. The van der Waals surface area contributed by atoms with Gasteiger partial charge in [-0.25, -0.2) is 4.98 Å². The van der Waals surface area contributed by atoms with Gasteiger partial charge in [-0.3, -0.25) is 0 Å². The highest BCUT2D eigenvalue weighted by Gasteiger charge is 2.18. The average Bonchev–Trinajstić information content (AvgIpc) is 2.29. The van der Waals surface area contributed by atoms with Crippen LogP contribution >= 0.6 is 0 Å². The molecule has 0 amide bonds. The van der Waals surface area contributed by atoms with Crippen LogP contribution in [0.4, 0.5) is 5.82 Å².